The van der Waals surface area contributed by atoms with Crippen molar-refractivity contribution < 1.29 is 21.6 Å². The van der Waals surface area contributed by atoms with Gasteiger partial charge in [-0.3, -0.25) is 0 Å². The second kappa shape index (κ2) is 6.56. The van der Waals surface area contributed by atoms with E-state index in [2.05, 4.69) is 4.72 Å². The van der Waals surface area contributed by atoms with Crippen LogP contribution in [0.3, 0.4) is 0 Å². The smallest absolute Gasteiger partial charge is 0.329 e. The summed E-state index contributed by atoms with van der Waals surface area (Å²) in [5.74, 6) is 0. The quantitative estimate of drug-likeness (QED) is 0.888. The maximum Gasteiger partial charge on any atom is 0.416 e. The lowest BCUT2D eigenvalue weighted by Crippen LogP contribution is -2.37. The fraction of sp³-hybridized carbons (Fsp3) is 0.400. The van der Waals surface area contributed by atoms with Gasteiger partial charge in [-0.15, -0.1) is 12.4 Å². The molecular weight excluding hydrogens is 305 g/mol. The van der Waals surface area contributed by atoms with Crippen molar-refractivity contribution in [3.63, 3.8) is 0 Å². The molecule has 4 nitrogen and oxygen atoms in total. The molecule has 0 aliphatic rings. The van der Waals surface area contributed by atoms with E-state index in [1.165, 1.54) is 6.92 Å². The number of rotatable bonds is 4. The number of nitrogens with one attached hydrogen (secondary N) is 1. The third kappa shape index (κ3) is 4.98. The number of sulfonamides is 1. The summed E-state index contributed by atoms with van der Waals surface area (Å²) in [6.07, 6.45) is -4.58. The lowest BCUT2D eigenvalue weighted by Gasteiger charge is -2.13. The summed E-state index contributed by atoms with van der Waals surface area (Å²) < 4.78 is 63.0. The predicted octanol–water partition coefficient (Wildman–Crippen LogP) is 1.75. The maximum atomic E-state index is 12.4. The number of hydrogen-bond donors (Lipinski definition) is 2. The van der Waals surface area contributed by atoms with Gasteiger partial charge in [0.25, 0.3) is 0 Å². The number of halogens is 4. The first kappa shape index (κ1) is 18.2. The number of alkyl halides is 3. The molecule has 0 bridgehead atoms. The van der Waals surface area contributed by atoms with Crippen LogP contribution in [0.5, 0.6) is 0 Å². The molecule has 0 amide bonds. The van der Waals surface area contributed by atoms with E-state index in [1.54, 1.807) is 0 Å². The predicted molar refractivity (Wildman–Crippen MR) is 67.5 cm³/mol. The number of nitrogens with two attached hydrogens (primary N) is 1. The van der Waals surface area contributed by atoms with E-state index < -0.39 is 32.7 Å². The lowest BCUT2D eigenvalue weighted by molar-refractivity contribution is -0.137. The summed E-state index contributed by atoms with van der Waals surface area (Å²) >= 11 is 0. The molecule has 110 valence electrons. The molecule has 0 heterocycles. The minimum absolute atomic E-state index is 0. The molecule has 3 N–H and O–H groups in total. The molecule has 0 fully saturated rings. The van der Waals surface area contributed by atoms with Crippen LogP contribution in [-0.2, 0) is 16.2 Å². The summed E-state index contributed by atoms with van der Waals surface area (Å²) in [6.45, 7) is 1.57. The standard InChI is InChI=1S/C10H13F3N2O2S.ClH/c1-7(6-14)15-18(16,17)9-4-2-3-8(5-9)10(11,12)13;/h2-5,7,15H,6,14H2,1H3;1H/t7-;/m0./s1. The summed E-state index contributed by atoms with van der Waals surface area (Å²) in [7, 11) is -3.98. The Morgan fingerprint density at radius 1 is 1.37 bits per heavy atom. The van der Waals surface area contributed by atoms with E-state index in [9.17, 15) is 21.6 Å². The van der Waals surface area contributed by atoms with Gasteiger partial charge in [-0.1, -0.05) is 6.07 Å². The van der Waals surface area contributed by atoms with Crippen LogP contribution in [0.1, 0.15) is 12.5 Å². The van der Waals surface area contributed by atoms with Crippen molar-refractivity contribution in [1.29, 1.82) is 0 Å². The molecule has 0 radical (unpaired) electrons. The fourth-order valence-corrected chi connectivity index (χ4v) is 2.52. The second-order valence-electron chi connectivity index (χ2n) is 3.78. The average molecular weight is 319 g/mol. The topological polar surface area (TPSA) is 72.2 Å². The first-order valence-electron chi connectivity index (χ1n) is 5.06. The third-order valence-electron chi connectivity index (χ3n) is 2.18. The third-order valence-corrected chi connectivity index (χ3v) is 3.77. The van der Waals surface area contributed by atoms with Crippen molar-refractivity contribution >= 4 is 22.4 Å². The monoisotopic (exact) mass is 318 g/mol. The van der Waals surface area contributed by atoms with Crippen LogP contribution in [0, 0.1) is 0 Å². The molecule has 0 spiro atoms. The van der Waals surface area contributed by atoms with Crippen molar-refractivity contribution in [1.82, 2.24) is 4.72 Å². The van der Waals surface area contributed by atoms with Gasteiger partial charge in [0.15, 0.2) is 0 Å². The highest BCUT2D eigenvalue weighted by molar-refractivity contribution is 7.89. The molecule has 19 heavy (non-hydrogen) atoms. The van der Waals surface area contributed by atoms with Crippen molar-refractivity contribution in [2.75, 3.05) is 6.54 Å². The molecule has 0 saturated heterocycles. The SMILES string of the molecule is C[C@@H](CN)NS(=O)(=O)c1cccc(C(F)(F)F)c1.Cl. The van der Waals surface area contributed by atoms with Gasteiger partial charge in [0.2, 0.25) is 10.0 Å². The maximum absolute atomic E-state index is 12.4. The largest absolute Gasteiger partial charge is 0.416 e. The number of hydrogen-bond acceptors (Lipinski definition) is 3. The zero-order valence-corrected chi connectivity index (χ0v) is 11.6. The molecule has 0 aliphatic heterocycles. The second-order valence-corrected chi connectivity index (χ2v) is 5.50. The van der Waals surface area contributed by atoms with Crippen molar-refractivity contribution in [3.05, 3.63) is 29.8 Å². The van der Waals surface area contributed by atoms with E-state index in [-0.39, 0.29) is 19.0 Å². The van der Waals surface area contributed by atoms with Crippen molar-refractivity contribution in [3.8, 4) is 0 Å². The zero-order valence-electron chi connectivity index (χ0n) is 9.94. The lowest BCUT2D eigenvalue weighted by atomic mass is 10.2. The van der Waals surface area contributed by atoms with Gasteiger partial charge in [0.1, 0.15) is 0 Å². The van der Waals surface area contributed by atoms with Gasteiger partial charge in [-0.25, -0.2) is 13.1 Å². The van der Waals surface area contributed by atoms with E-state index >= 15 is 0 Å². The minimum atomic E-state index is -4.58. The molecule has 9 heteroatoms. The summed E-state index contributed by atoms with van der Waals surface area (Å²) in [6, 6.07) is 2.99. The Bertz CT molecular complexity index is 520. The van der Waals surface area contributed by atoms with Crippen LogP contribution in [0.15, 0.2) is 29.2 Å². The van der Waals surface area contributed by atoms with Gasteiger partial charge < -0.3 is 5.73 Å². The van der Waals surface area contributed by atoms with Crippen molar-refractivity contribution in [2.24, 2.45) is 5.73 Å². The summed E-state index contributed by atoms with van der Waals surface area (Å²) in [5.41, 5.74) is 4.24. The van der Waals surface area contributed by atoms with Crippen LogP contribution >= 0.6 is 12.4 Å². The molecule has 0 saturated carbocycles. The summed E-state index contributed by atoms with van der Waals surface area (Å²) in [5, 5.41) is 0. The van der Waals surface area contributed by atoms with Gasteiger partial charge >= 0.3 is 6.18 Å². The Labute approximate surface area is 115 Å². The molecule has 0 aliphatic carbocycles. The first-order chi connectivity index (χ1) is 8.16. The highest BCUT2D eigenvalue weighted by Gasteiger charge is 2.31. The van der Waals surface area contributed by atoms with Gasteiger partial charge in [-0.2, -0.15) is 13.2 Å². The summed E-state index contributed by atoms with van der Waals surface area (Å²) in [4.78, 5) is -0.433. The van der Waals surface area contributed by atoms with Crippen LogP contribution in [0.25, 0.3) is 0 Å². The molecule has 0 unspecified atom stereocenters. The van der Waals surface area contributed by atoms with Crippen LogP contribution in [0.4, 0.5) is 13.2 Å². The van der Waals surface area contributed by atoms with E-state index in [1.807, 2.05) is 0 Å². The Kier molecular flexibility index (Phi) is 6.27. The molecule has 1 aromatic carbocycles. The van der Waals surface area contributed by atoms with E-state index in [0.29, 0.717) is 6.07 Å². The molecule has 1 aromatic rings. The normalized spacial score (nSPS) is 13.7. The number of benzene rings is 1. The van der Waals surface area contributed by atoms with E-state index in [0.717, 1.165) is 18.2 Å². The average Bonchev–Trinajstić information content (AvgIpc) is 2.27. The molecule has 1 rings (SSSR count). The molecule has 1 atom stereocenters. The highest BCUT2D eigenvalue weighted by atomic mass is 35.5. The van der Waals surface area contributed by atoms with Crippen LogP contribution in [-0.4, -0.2) is 21.0 Å². The Morgan fingerprint density at radius 3 is 2.42 bits per heavy atom. The minimum Gasteiger partial charge on any atom is -0.329 e. The van der Waals surface area contributed by atoms with Crippen LogP contribution < -0.4 is 10.5 Å². The molecule has 0 aromatic heterocycles. The Hall–Kier alpha value is -0.830. The van der Waals surface area contributed by atoms with Gasteiger partial charge in [-0.05, 0) is 25.1 Å². The Morgan fingerprint density at radius 2 is 1.95 bits per heavy atom. The molecular formula is C10H14ClF3N2O2S. The van der Waals surface area contributed by atoms with Gasteiger partial charge in [0, 0.05) is 12.6 Å². The fourth-order valence-electron chi connectivity index (χ4n) is 1.22. The van der Waals surface area contributed by atoms with Gasteiger partial charge in [0.05, 0.1) is 10.5 Å². The zero-order chi connectivity index (χ0) is 14.0. The Balaban J connectivity index is 0.00000324. The van der Waals surface area contributed by atoms with E-state index in [4.69, 9.17) is 5.73 Å². The first-order valence-corrected chi connectivity index (χ1v) is 6.55. The van der Waals surface area contributed by atoms with Crippen molar-refractivity contribution in [2.45, 2.75) is 24.0 Å². The highest BCUT2D eigenvalue weighted by Crippen LogP contribution is 2.30. The van der Waals surface area contributed by atoms with Crippen LogP contribution in [0.2, 0.25) is 0 Å².